The van der Waals surface area contributed by atoms with Crippen molar-refractivity contribution in [2.75, 3.05) is 0 Å². The van der Waals surface area contributed by atoms with Gasteiger partial charge in [-0.2, -0.15) is 0 Å². The molecule has 0 aliphatic carbocycles. The van der Waals surface area contributed by atoms with Gasteiger partial charge in [-0.3, -0.25) is 0 Å². The Balaban J connectivity index is 2.03. The summed E-state index contributed by atoms with van der Waals surface area (Å²) in [5.41, 5.74) is 1.28. The van der Waals surface area contributed by atoms with Crippen LogP contribution in [0.4, 0.5) is 0 Å². The van der Waals surface area contributed by atoms with Gasteiger partial charge in [0.25, 0.3) is 0 Å². The van der Waals surface area contributed by atoms with Gasteiger partial charge in [-0.05, 0) is 17.7 Å². The third-order valence-electron chi connectivity index (χ3n) is 1.89. The second kappa shape index (κ2) is 5.28. The van der Waals surface area contributed by atoms with Crippen LogP contribution in [0.5, 0.6) is 0 Å². The summed E-state index contributed by atoms with van der Waals surface area (Å²) in [6.45, 7) is 0. The average molecular weight is 281 g/mol. The van der Waals surface area contributed by atoms with Crippen molar-refractivity contribution >= 4 is 27.7 Å². The molecule has 0 amide bonds. The summed E-state index contributed by atoms with van der Waals surface area (Å²) in [5.74, 6) is 0.915. The Morgan fingerprint density at radius 1 is 1.20 bits per heavy atom. The van der Waals surface area contributed by atoms with E-state index in [0.29, 0.717) is 0 Å². The van der Waals surface area contributed by atoms with Crippen molar-refractivity contribution in [3.8, 4) is 0 Å². The molecule has 0 saturated carbocycles. The molecule has 0 bridgehead atoms. The maximum atomic E-state index is 4.16. The molecule has 2 rings (SSSR count). The van der Waals surface area contributed by atoms with E-state index >= 15 is 0 Å². The second-order valence-corrected chi connectivity index (χ2v) is 4.78. The van der Waals surface area contributed by atoms with E-state index in [0.717, 1.165) is 15.3 Å². The van der Waals surface area contributed by atoms with Crippen LogP contribution in [0.25, 0.3) is 0 Å². The average Bonchev–Trinajstić information content (AvgIpc) is 2.29. The van der Waals surface area contributed by atoms with Gasteiger partial charge in [-0.15, -0.1) is 11.8 Å². The third kappa shape index (κ3) is 3.04. The minimum absolute atomic E-state index is 0.915. The van der Waals surface area contributed by atoms with Crippen LogP contribution in [0, 0.1) is 0 Å². The molecular weight excluding hydrogens is 272 g/mol. The van der Waals surface area contributed by atoms with Crippen LogP contribution in [0.2, 0.25) is 0 Å². The van der Waals surface area contributed by atoms with Crippen LogP contribution in [0.1, 0.15) is 5.56 Å². The van der Waals surface area contributed by atoms with E-state index in [-0.39, 0.29) is 0 Å². The van der Waals surface area contributed by atoms with E-state index in [4.69, 9.17) is 0 Å². The summed E-state index contributed by atoms with van der Waals surface area (Å²) in [5, 5.41) is 1.00. The summed E-state index contributed by atoms with van der Waals surface area (Å²) < 4.78 is 1.14. The minimum Gasteiger partial charge on any atom is -0.245 e. The largest absolute Gasteiger partial charge is 0.245 e. The van der Waals surface area contributed by atoms with Crippen molar-refractivity contribution in [3.63, 3.8) is 0 Å². The molecule has 0 fully saturated rings. The van der Waals surface area contributed by atoms with Crippen molar-refractivity contribution in [1.29, 1.82) is 0 Å². The Labute approximate surface area is 101 Å². The maximum Gasteiger partial charge on any atom is 0.116 e. The quantitative estimate of drug-likeness (QED) is 0.635. The summed E-state index contributed by atoms with van der Waals surface area (Å²) in [4.78, 5) is 8.04. The SMILES string of the molecule is Brc1ccccc1CSc1ccncn1. The predicted octanol–water partition coefficient (Wildman–Crippen LogP) is 3.53. The van der Waals surface area contributed by atoms with Crippen molar-refractivity contribution in [1.82, 2.24) is 9.97 Å². The van der Waals surface area contributed by atoms with E-state index in [1.165, 1.54) is 5.56 Å². The van der Waals surface area contributed by atoms with Gasteiger partial charge in [0.1, 0.15) is 6.33 Å². The van der Waals surface area contributed by atoms with Crippen LogP contribution in [0.15, 0.2) is 52.4 Å². The number of rotatable bonds is 3. The highest BCUT2D eigenvalue weighted by molar-refractivity contribution is 9.10. The number of aromatic nitrogens is 2. The number of nitrogens with zero attached hydrogens (tertiary/aromatic N) is 2. The highest BCUT2D eigenvalue weighted by Gasteiger charge is 2.00. The monoisotopic (exact) mass is 280 g/mol. The van der Waals surface area contributed by atoms with Crippen LogP contribution in [-0.2, 0) is 5.75 Å². The van der Waals surface area contributed by atoms with Crippen LogP contribution < -0.4 is 0 Å². The number of hydrogen-bond donors (Lipinski definition) is 0. The van der Waals surface area contributed by atoms with Gasteiger partial charge in [0.2, 0.25) is 0 Å². The molecule has 15 heavy (non-hydrogen) atoms. The first-order chi connectivity index (χ1) is 7.36. The molecular formula is C11H9BrN2S. The molecule has 0 aliphatic rings. The highest BCUT2D eigenvalue weighted by atomic mass is 79.9. The van der Waals surface area contributed by atoms with Crippen molar-refractivity contribution < 1.29 is 0 Å². The summed E-state index contributed by atoms with van der Waals surface area (Å²) in [6.07, 6.45) is 3.33. The zero-order valence-corrected chi connectivity index (χ0v) is 10.3. The number of halogens is 1. The van der Waals surface area contributed by atoms with Gasteiger partial charge < -0.3 is 0 Å². The van der Waals surface area contributed by atoms with Crippen LogP contribution >= 0.6 is 27.7 Å². The molecule has 2 aromatic rings. The Kier molecular flexibility index (Phi) is 3.75. The first kappa shape index (κ1) is 10.6. The Morgan fingerprint density at radius 2 is 2.07 bits per heavy atom. The molecule has 0 saturated heterocycles. The molecule has 1 heterocycles. The molecule has 0 atom stereocenters. The fourth-order valence-corrected chi connectivity index (χ4v) is 2.58. The zero-order valence-electron chi connectivity index (χ0n) is 7.93. The smallest absolute Gasteiger partial charge is 0.116 e. The van der Waals surface area contributed by atoms with Crippen LogP contribution in [-0.4, -0.2) is 9.97 Å². The molecule has 0 N–H and O–H groups in total. The van der Waals surface area contributed by atoms with Gasteiger partial charge in [-0.25, -0.2) is 9.97 Å². The van der Waals surface area contributed by atoms with E-state index < -0.39 is 0 Å². The molecule has 0 radical (unpaired) electrons. The first-order valence-electron chi connectivity index (χ1n) is 4.48. The molecule has 1 aromatic heterocycles. The predicted molar refractivity (Wildman–Crippen MR) is 65.7 cm³/mol. The lowest BCUT2D eigenvalue weighted by molar-refractivity contribution is 1.05. The Bertz CT molecular complexity index is 434. The molecule has 0 unspecified atom stereocenters. The summed E-state index contributed by atoms with van der Waals surface area (Å²) in [6, 6.07) is 10.1. The fraction of sp³-hybridized carbons (Fsp3) is 0.0909. The topological polar surface area (TPSA) is 25.8 Å². The molecule has 0 aliphatic heterocycles. The number of benzene rings is 1. The van der Waals surface area contributed by atoms with Gasteiger partial charge >= 0.3 is 0 Å². The standard InChI is InChI=1S/C11H9BrN2S/c12-10-4-2-1-3-9(10)7-15-11-5-6-13-8-14-11/h1-6,8H,7H2. The minimum atomic E-state index is 0.915. The Morgan fingerprint density at radius 3 is 2.80 bits per heavy atom. The zero-order chi connectivity index (χ0) is 10.5. The number of thioether (sulfide) groups is 1. The van der Waals surface area contributed by atoms with E-state index in [2.05, 4.69) is 38.0 Å². The number of hydrogen-bond acceptors (Lipinski definition) is 3. The molecule has 0 spiro atoms. The maximum absolute atomic E-state index is 4.16. The van der Waals surface area contributed by atoms with Crippen LogP contribution in [0.3, 0.4) is 0 Å². The van der Waals surface area contributed by atoms with Gasteiger partial charge in [0.05, 0.1) is 5.03 Å². The second-order valence-electron chi connectivity index (χ2n) is 2.93. The molecule has 1 aromatic carbocycles. The molecule has 76 valence electrons. The molecule has 4 heteroatoms. The van der Waals surface area contributed by atoms with Crippen molar-refractivity contribution in [3.05, 3.63) is 52.9 Å². The lowest BCUT2D eigenvalue weighted by Crippen LogP contribution is -1.84. The molecule has 2 nitrogen and oxygen atoms in total. The fourth-order valence-electron chi connectivity index (χ4n) is 1.13. The van der Waals surface area contributed by atoms with Gasteiger partial charge in [-0.1, -0.05) is 34.1 Å². The highest BCUT2D eigenvalue weighted by Crippen LogP contribution is 2.24. The van der Waals surface area contributed by atoms with Gasteiger partial charge in [0, 0.05) is 16.4 Å². The lowest BCUT2D eigenvalue weighted by atomic mass is 10.2. The van der Waals surface area contributed by atoms with Gasteiger partial charge in [0.15, 0.2) is 0 Å². The Hall–Kier alpha value is -0.870. The van der Waals surface area contributed by atoms with E-state index in [1.807, 2.05) is 18.2 Å². The first-order valence-corrected chi connectivity index (χ1v) is 6.26. The van der Waals surface area contributed by atoms with Crippen molar-refractivity contribution in [2.24, 2.45) is 0 Å². The van der Waals surface area contributed by atoms with E-state index in [1.54, 1.807) is 24.3 Å². The normalized spacial score (nSPS) is 10.2. The van der Waals surface area contributed by atoms with E-state index in [9.17, 15) is 0 Å². The van der Waals surface area contributed by atoms with Crippen molar-refractivity contribution in [2.45, 2.75) is 10.8 Å². The third-order valence-corrected chi connectivity index (χ3v) is 3.65. The lowest BCUT2D eigenvalue weighted by Gasteiger charge is -2.02. The summed E-state index contributed by atoms with van der Waals surface area (Å²) in [7, 11) is 0. The summed E-state index contributed by atoms with van der Waals surface area (Å²) >= 11 is 5.23.